The summed E-state index contributed by atoms with van der Waals surface area (Å²) >= 11 is 1.27. The number of aryl methyl sites for hydroxylation is 1. The molecule has 34 heavy (non-hydrogen) atoms. The molecule has 6 nitrogen and oxygen atoms in total. The number of hydrogen-bond acceptors (Lipinski definition) is 5. The lowest BCUT2D eigenvalue weighted by atomic mass is 10.1. The number of carbonyl (C=O) groups excluding carboxylic acids is 1. The van der Waals surface area contributed by atoms with Crippen LogP contribution in [0.25, 0.3) is 16.6 Å². The highest BCUT2D eigenvalue weighted by atomic mass is 32.2. The number of hydrogen-bond donors (Lipinski definition) is 0. The zero-order valence-electron chi connectivity index (χ0n) is 19.5. The van der Waals surface area contributed by atoms with Crippen molar-refractivity contribution in [3.8, 4) is 11.4 Å². The number of rotatable bonds is 8. The molecule has 0 radical (unpaired) electrons. The number of amides is 1. The van der Waals surface area contributed by atoms with Crippen molar-refractivity contribution in [3.05, 3.63) is 94.3 Å². The molecule has 4 aromatic rings. The molecule has 1 heterocycles. The molecule has 0 bridgehead atoms. The van der Waals surface area contributed by atoms with Crippen LogP contribution in [0.3, 0.4) is 0 Å². The van der Waals surface area contributed by atoms with E-state index in [2.05, 4.69) is 0 Å². The van der Waals surface area contributed by atoms with E-state index in [9.17, 15) is 9.59 Å². The zero-order chi connectivity index (χ0) is 24.1. The van der Waals surface area contributed by atoms with Crippen LogP contribution in [-0.2, 0) is 11.3 Å². The van der Waals surface area contributed by atoms with Crippen molar-refractivity contribution >= 4 is 28.6 Å². The minimum Gasteiger partial charge on any atom is -0.494 e. The Kier molecular flexibility index (Phi) is 7.33. The lowest BCUT2D eigenvalue weighted by Gasteiger charge is -2.19. The van der Waals surface area contributed by atoms with Gasteiger partial charge in [0, 0.05) is 13.6 Å². The molecule has 7 heteroatoms. The Hall–Kier alpha value is -3.58. The third-order valence-corrected chi connectivity index (χ3v) is 6.49. The van der Waals surface area contributed by atoms with Gasteiger partial charge in [-0.3, -0.25) is 14.2 Å². The third-order valence-electron chi connectivity index (χ3n) is 5.57. The first kappa shape index (κ1) is 23.6. The predicted octanol–water partition coefficient (Wildman–Crippen LogP) is 4.84. The molecule has 0 saturated heterocycles. The SMILES string of the molecule is CCOc1ccc(-n2c(SCC(=O)N(C)Cc3ccccc3C)nc3ccccc3c2=O)cc1. The van der Waals surface area contributed by atoms with Crippen LogP contribution in [0.15, 0.2) is 82.7 Å². The molecule has 0 aliphatic rings. The summed E-state index contributed by atoms with van der Waals surface area (Å²) in [5.41, 5.74) is 3.37. The molecule has 0 aliphatic carbocycles. The van der Waals surface area contributed by atoms with Gasteiger partial charge in [0.25, 0.3) is 5.56 Å². The van der Waals surface area contributed by atoms with E-state index in [1.165, 1.54) is 11.8 Å². The van der Waals surface area contributed by atoms with Gasteiger partial charge in [-0.2, -0.15) is 0 Å². The van der Waals surface area contributed by atoms with Crippen molar-refractivity contribution in [2.75, 3.05) is 19.4 Å². The van der Waals surface area contributed by atoms with Gasteiger partial charge in [0.05, 0.1) is 29.0 Å². The normalized spacial score (nSPS) is 10.9. The molecule has 174 valence electrons. The third kappa shape index (κ3) is 5.15. The number of nitrogens with zero attached hydrogens (tertiary/aromatic N) is 3. The van der Waals surface area contributed by atoms with Gasteiger partial charge in [0.1, 0.15) is 5.75 Å². The molecule has 0 fully saturated rings. The Morgan fingerprint density at radius 3 is 2.47 bits per heavy atom. The largest absolute Gasteiger partial charge is 0.494 e. The monoisotopic (exact) mass is 473 g/mol. The fourth-order valence-corrected chi connectivity index (χ4v) is 4.62. The molecule has 1 aromatic heterocycles. The van der Waals surface area contributed by atoms with Crippen LogP contribution in [0.4, 0.5) is 0 Å². The van der Waals surface area contributed by atoms with E-state index >= 15 is 0 Å². The zero-order valence-corrected chi connectivity index (χ0v) is 20.3. The number of thioether (sulfide) groups is 1. The minimum absolute atomic E-state index is 0.0334. The average molecular weight is 474 g/mol. The van der Waals surface area contributed by atoms with Gasteiger partial charge in [0.2, 0.25) is 5.91 Å². The number of benzene rings is 3. The lowest BCUT2D eigenvalue weighted by Crippen LogP contribution is -2.29. The summed E-state index contributed by atoms with van der Waals surface area (Å²) in [7, 11) is 1.79. The van der Waals surface area contributed by atoms with Crippen LogP contribution in [-0.4, -0.2) is 39.8 Å². The average Bonchev–Trinajstić information content (AvgIpc) is 2.85. The van der Waals surface area contributed by atoms with Crippen molar-refractivity contribution in [2.24, 2.45) is 0 Å². The van der Waals surface area contributed by atoms with E-state index in [1.807, 2.05) is 80.6 Å². The molecule has 0 unspecified atom stereocenters. The van der Waals surface area contributed by atoms with Crippen molar-refractivity contribution in [2.45, 2.75) is 25.5 Å². The number of aromatic nitrogens is 2. The van der Waals surface area contributed by atoms with Crippen LogP contribution in [0.2, 0.25) is 0 Å². The summed E-state index contributed by atoms with van der Waals surface area (Å²) < 4.78 is 7.10. The van der Waals surface area contributed by atoms with Crippen LogP contribution in [0, 0.1) is 6.92 Å². The summed E-state index contributed by atoms with van der Waals surface area (Å²) in [6.45, 7) is 5.06. The smallest absolute Gasteiger partial charge is 0.266 e. The molecular weight excluding hydrogens is 446 g/mol. The fraction of sp³-hybridized carbons (Fsp3) is 0.222. The highest BCUT2D eigenvalue weighted by molar-refractivity contribution is 7.99. The predicted molar refractivity (Wildman–Crippen MR) is 137 cm³/mol. The highest BCUT2D eigenvalue weighted by Crippen LogP contribution is 2.23. The van der Waals surface area contributed by atoms with Crippen LogP contribution >= 0.6 is 11.8 Å². The van der Waals surface area contributed by atoms with Gasteiger partial charge in [0.15, 0.2) is 5.16 Å². The molecule has 1 amide bonds. The van der Waals surface area contributed by atoms with E-state index in [-0.39, 0.29) is 17.2 Å². The van der Waals surface area contributed by atoms with Crippen LogP contribution in [0.5, 0.6) is 5.75 Å². The van der Waals surface area contributed by atoms with Gasteiger partial charge in [-0.05, 0) is 61.4 Å². The first-order chi connectivity index (χ1) is 16.5. The first-order valence-electron chi connectivity index (χ1n) is 11.1. The maximum absolute atomic E-state index is 13.4. The maximum atomic E-state index is 13.4. The lowest BCUT2D eigenvalue weighted by molar-refractivity contribution is -0.127. The van der Waals surface area contributed by atoms with Crippen molar-refractivity contribution in [1.82, 2.24) is 14.5 Å². The molecule has 3 aromatic carbocycles. The maximum Gasteiger partial charge on any atom is 0.266 e. The van der Waals surface area contributed by atoms with Gasteiger partial charge in [-0.1, -0.05) is 48.2 Å². The summed E-state index contributed by atoms with van der Waals surface area (Å²) in [6, 6.07) is 22.6. The number of fused-ring (bicyclic) bond motifs is 1. The van der Waals surface area contributed by atoms with Gasteiger partial charge >= 0.3 is 0 Å². The van der Waals surface area contributed by atoms with E-state index in [0.717, 1.165) is 16.9 Å². The molecule has 4 rings (SSSR count). The van der Waals surface area contributed by atoms with Gasteiger partial charge in [-0.15, -0.1) is 0 Å². The van der Waals surface area contributed by atoms with Crippen molar-refractivity contribution < 1.29 is 9.53 Å². The first-order valence-corrected chi connectivity index (χ1v) is 12.1. The van der Waals surface area contributed by atoms with E-state index in [1.54, 1.807) is 22.6 Å². The number of ether oxygens (including phenoxy) is 1. The van der Waals surface area contributed by atoms with Crippen LogP contribution in [0.1, 0.15) is 18.1 Å². The second-order valence-corrected chi connectivity index (χ2v) is 8.89. The second kappa shape index (κ2) is 10.6. The highest BCUT2D eigenvalue weighted by Gasteiger charge is 2.17. The molecule has 0 spiro atoms. The van der Waals surface area contributed by atoms with E-state index < -0.39 is 0 Å². The van der Waals surface area contributed by atoms with E-state index in [0.29, 0.717) is 34.9 Å². The summed E-state index contributed by atoms with van der Waals surface area (Å²) in [6.07, 6.45) is 0. The van der Waals surface area contributed by atoms with Crippen LogP contribution < -0.4 is 10.3 Å². The standard InChI is InChI=1S/C27H27N3O3S/c1-4-33-22-15-13-21(14-16-22)30-26(32)23-11-7-8-12-24(23)28-27(30)34-18-25(31)29(3)17-20-10-6-5-9-19(20)2/h5-16H,4,17-18H2,1-3H3. The van der Waals surface area contributed by atoms with Crippen molar-refractivity contribution in [1.29, 1.82) is 0 Å². The Morgan fingerprint density at radius 2 is 1.74 bits per heavy atom. The minimum atomic E-state index is -0.169. The molecule has 0 saturated carbocycles. The summed E-state index contributed by atoms with van der Waals surface area (Å²) in [5.74, 6) is 0.869. The molecule has 0 aliphatic heterocycles. The Balaban J connectivity index is 1.62. The number of para-hydroxylation sites is 1. The number of carbonyl (C=O) groups is 1. The molecule has 0 N–H and O–H groups in total. The van der Waals surface area contributed by atoms with Gasteiger partial charge in [-0.25, -0.2) is 4.98 Å². The topological polar surface area (TPSA) is 64.4 Å². The summed E-state index contributed by atoms with van der Waals surface area (Å²) in [5, 5.41) is 1.01. The second-order valence-electron chi connectivity index (χ2n) is 7.94. The Bertz CT molecular complexity index is 1370. The van der Waals surface area contributed by atoms with Crippen molar-refractivity contribution in [3.63, 3.8) is 0 Å². The Morgan fingerprint density at radius 1 is 1.03 bits per heavy atom. The Labute approximate surface area is 203 Å². The fourth-order valence-electron chi connectivity index (χ4n) is 3.66. The van der Waals surface area contributed by atoms with Gasteiger partial charge < -0.3 is 9.64 Å². The summed E-state index contributed by atoms with van der Waals surface area (Å²) in [4.78, 5) is 32.7. The molecule has 0 atom stereocenters. The van der Waals surface area contributed by atoms with E-state index in [4.69, 9.17) is 9.72 Å². The molecular formula is C27H27N3O3S. The quantitative estimate of drug-likeness (QED) is 0.271.